The first-order valence-electron chi connectivity index (χ1n) is 7.42. The van der Waals surface area contributed by atoms with Gasteiger partial charge in [-0.15, -0.1) is 0 Å². The van der Waals surface area contributed by atoms with E-state index < -0.39 is 0 Å². The van der Waals surface area contributed by atoms with E-state index in [1.54, 1.807) is 0 Å². The number of hydrogen-bond donors (Lipinski definition) is 1. The van der Waals surface area contributed by atoms with E-state index in [-0.39, 0.29) is 17.3 Å². The maximum absolute atomic E-state index is 10.4. The predicted octanol–water partition coefficient (Wildman–Crippen LogP) is 2.57. The molecule has 0 unspecified atom stereocenters. The Labute approximate surface area is 110 Å². The van der Waals surface area contributed by atoms with Gasteiger partial charge in [-0.2, -0.15) is 0 Å². The van der Waals surface area contributed by atoms with Gasteiger partial charge in [0.15, 0.2) is 5.79 Å². The molecule has 0 aromatic carbocycles. The molecule has 0 amide bonds. The zero-order chi connectivity index (χ0) is 13.0. The Morgan fingerprint density at radius 3 is 2.39 bits per heavy atom. The predicted molar refractivity (Wildman–Crippen MR) is 69.0 cm³/mol. The molecule has 3 aliphatic rings. The zero-order valence-corrected chi connectivity index (χ0v) is 11.8. The van der Waals surface area contributed by atoms with Gasteiger partial charge in [-0.05, 0) is 36.0 Å². The van der Waals surface area contributed by atoms with Crippen LogP contribution in [0.1, 0.15) is 46.5 Å². The van der Waals surface area contributed by atoms with Gasteiger partial charge < -0.3 is 14.6 Å². The number of fused-ring (bicyclic) bond motifs is 1. The molecule has 3 fully saturated rings. The van der Waals surface area contributed by atoms with Crippen LogP contribution in [0, 0.1) is 23.2 Å². The van der Waals surface area contributed by atoms with Gasteiger partial charge in [0.2, 0.25) is 0 Å². The molecule has 2 aliphatic carbocycles. The van der Waals surface area contributed by atoms with Crippen molar-refractivity contribution in [3.8, 4) is 0 Å². The fourth-order valence-electron chi connectivity index (χ4n) is 4.75. The number of hydrogen-bond acceptors (Lipinski definition) is 3. The third kappa shape index (κ3) is 1.83. The van der Waals surface area contributed by atoms with Crippen LogP contribution >= 0.6 is 0 Å². The molecule has 1 heterocycles. The first kappa shape index (κ1) is 12.9. The smallest absolute Gasteiger partial charge is 0.168 e. The summed E-state index contributed by atoms with van der Waals surface area (Å²) in [5.74, 6) is 1.16. The summed E-state index contributed by atoms with van der Waals surface area (Å²) in [5, 5.41) is 10.4. The van der Waals surface area contributed by atoms with E-state index in [0.29, 0.717) is 17.8 Å². The van der Waals surface area contributed by atoms with Gasteiger partial charge in [0.25, 0.3) is 0 Å². The molecule has 0 aromatic rings. The van der Waals surface area contributed by atoms with E-state index in [9.17, 15) is 5.11 Å². The fraction of sp³-hybridized carbons (Fsp3) is 1.00. The summed E-state index contributed by atoms with van der Waals surface area (Å²) in [4.78, 5) is 0. The van der Waals surface area contributed by atoms with E-state index in [2.05, 4.69) is 20.8 Å². The molecule has 2 saturated carbocycles. The Morgan fingerprint density at radius 2 is 1.78 bits per heavy atom. The van der Waals surface area contributed by atoms with Gasteiger partial charge >= 0.3 is 0 Å². The van der Waals surface area contributed by atoms with Crippen LogP contribution in [-0.4, -0.2) is 30.2 Å². The van der Waals surface area contributed by atoms with Crippen molar-refractivity contribution >= 4 is 0 Å². The van der Waals surface area contributed by atoms with Crippen molar-refractivity contribution in [2.24, 2.45) is 23.2 Å². The molecule has 4 atom stereocenters. The highest BCUT2D eigenvalue weighted by atomic mass is 16.7. The minimum absolute atomic E-state index is 0.142. The Bertz CT molecular complexity index is 322. The third-order valence-electron chi connectivity index (χ3n) is 5.67. The molecule has 0 aromatic heterocycles. The molecule has 0 radical (unpaired) electrons. The van der Waals surface area contributed by atoms with Crippen LogP contribution in [0.3, 0.4) is 0 Å². The highest BCUT2D eigenvalue weighted by Gasteiger charge is 2.58. The zero-order valence-electron chi connectivity index (χ0n) is 11.8. The molecule has 3 nitrogen and oxygen atoms in total. The van der Waals surface area contributed by atoms with E-state index in [1.165, 1.54) is 0 Å². The molecule has 0 bridgehead atoms. The lowest BCUT2D eigenvalue weighted by Gasteiger charge is -2.46. The van der Waals surface area contributed by atoms with Gasteiger partial charge in [0.05, 0.1) is 19.3 Å². The molecule has 1 saturated heterocycles. The second-order valence-corrected chi connectivity index (χ2v) is 7.17. The summed E-state index contributed by atoms with van der Waals surface area (Å²) >= 11 is 0. The minimum Gasteiger partial charge on any atom is -0.393 e. The average molecular weight is 254 g/mol. The molecule has 3 rings (SSSR count). The highest BCUT2D eigenvalue weighted by Crippen LogP contribution is 2.59. The quantitative estimate of drug-likeness (QED) is 0.781. The van der Waals surface area contributed by atoms with Gasteiger partial charge in [0.1, 0.15) is 0 Å². The summed E-state index contributed by atoms with van der Waals surface area (Å²) in [7, 11) is 0. The molecular formula is C15H26O3. The standard InChI is InChI=1S/C15H26O3/c1-10(2)13-11-8-15(17-6-7-18-15)5-4-14(11,3)9-12(13)16/h10-13,16H,4-9H2,1-3H3/t11-,12+,13+,14-/m1/s1. The van der Waals surface area contributed by atoms with Gasteiger partial charge in [-0.25, -0.2) is 0 Å². The normalized spacial score (nSPS) is 46.8. The topological polar surface area (TPSA) is 38.7 Å². The third-order valence-corrected chi connectivity index (χ3v) is 5.67. The van der Waals surface area contributed by atoms with E-state index >= 15 is 0 Å². The number of ether oxygens (including phenoxy) is 2. The number of aliphatic hydroxyl groups excluding tert-OH is 1. The van der Waals surface area contributed by atoms with Crippen LogP contribution in [0.25, 0.3) is 0 Å². The maximum Gasteiger partial charge on any atom is 0.168 e. The van der Waals surface area contributed by atoms with Gasteiger partial charge in [-0.1, -0.05) is 20.8 Å². The van der Waals surface area contributed by atoms with E-state index in [0.717, 1.165) is 38.9 Å². The van der Waals surface area contributed by atoms with Crippen molar-refractivity contribution < 1.29 is 14.6 Å². The number of rotatable bonds is 1. The lowest BCUT2D eigenvalue weighted by Crippen LogP contribution is -2.45. The first-order valence-corrected chi connectivity index (χ1v) is 7.42. The van der Waals surface area contributed by atoms with Crippen molar-refractivity contribution in [3.05, 3.63) is 0 Å². The minimum atomic E-state index is -0.318. The molecule has 104 valence electrons. The lowest BCUT2D eigenvalue weighted by atomic mass is 9.64. The van der Waals surface area contributed by atoms with Crippen LogP contribution < -0.4 is 0 Å². The van der Waals surface area contributed by atoms with Crippen molar-refractivity contribution in [3.63, 3.8) is 0 Å². The van der Waals surface area contributed by atoms with Crippen LogP contribution in [-0.2, 0) is 9.47 Å². The second-order valence-electron chi connectivity index (χ2n) is 7.17. The highest BCUT2D eigenvalue weighted by molar-refractivity contribution is 5.05. The summed E-state index contributed by atoms with van der Waals surface area (Å²) in [6.07, 6.45) is 3.91. The molecular weight excluding hydrogens is 228 g/mol. The Balaban J connectivity index is 1.85. The summed E-state index contributed by atoms with van der Waals surface area (Å²) in [6.45, 7) is 8.29. The first-order chi connectivity index (χ1) is 8.46. The SMILES string of the molecule is CC(C)[C@H]1[C@H]2CC3(CC[C@]2(C)C[C@@H]1O)OCCO3. The summed E-state index contributed by atoms with van der Waals surface area (Å²) < 4.78 is 11.8. The molecule has 1 N–H and O–H groups in total. The fourth-order valence-corrected chi connectivity index (χ4v) is 4.75. The van der Waals surface area contributed by atoms with Crippen LogP contribution in [0.4, 0.5) is 0 Å². The Kier molecular flexibility index (Phi) is 3.00. The van der Waals surface area contributed by atoms with Gasteiger partial charge in [-0.3, -0.25) is 0 Å². The Morgan fingerprint density at radius 1 is 1.11 bits per heavy atom. The maximum atomic E-state index is 10.4. The van der Waals surface area contributed by atoms with Gasteiger partial charge in [0, 0.05) is 12.8 Å². The van der Waals surface area contributed by atoms with Crippen LogP contribution in [0.2, 0.25) is 0 Å². The molecule has 1 aliphatic heterocycles. The Hall–Kier alpha value is -0.120. The van der Waals surface area contributed by atoms with Crippen molar-refractivity contribution in [2.75, 3.05) is 13.2 Å². The lowest BCUT2D eigenvalue weighted by molar-refractivity contribution is -0.207. The van der Waals surface area contributed by atoms with Crippen molar-refractivity contribution in [1.29, 1.82) is 0 Å². The molecule has 18 heavy (non-hydrogen) atoms. The molecule has 1 spiro atoms. The number of aliphatic hydroxyl groups is 1. The average Bonchev–Trinajstić information content (AvgIpc) is 2.82. The van der Waals surface area contributed by atoms with Crippen molar-refractivity contribution in [1.82, 2.24) is 0 Å². The largest absolute Gasteiger partial charge is 0.393 e. The van der Waals surface area contributed by atoms with Crippen molar-refractivity contribution in [2.45, 2.75) is 58.3 Å². The summed E-state index contributed by atoms with van der Waals surface area (Å²) in [5.41, 5.74) is 0.287. The second kappa shape index (κ2) is 4.19. The van der Waals surface area contributed by atoms with Crippen LogP contribution in [0.5, 0.6) is 0 Å². The monoisotopic (exact) mass is 254 g/mol. The van der Waals surface area contributed by atoms with Crippen LogP contribution in [0.15, 0.2) is 0 Å². The van der Waals surface area contributed by atoms with E-state index in [1.807, 2.05) is 0 Å². The molecule has 3 heteroatoms. The van der Waals surface area contributed by atoms with E-state index in [4.69, 9.17) is 9.47 Å². The summed E-state index contributed by atoms with van der Waals surface area (Å²) in [6, 6.07) is 0.